The van der Waals surface area contributed by atoms with Crippen molar-refractivity contribution < 1.29 is 38.2 Å². The molecule has 40 heavy (non-hydrogen) atoms. The van der Waals surface area contributed by atoms with Crippen LogP contribution >= 0.6 is 0 Å². The van der Waals surface area contributed by atoms with Gasteiger partial charge in [-0.25, -0.2) is 4.79 Å². The molecular formula is C34H43IN2O3. The number of benzene rings is 3. The largest absolute Gasteiger partial charge is 1.00 e. The van der Waals surface area contributed by atoms with E-state index in [1.807, 2.05) is 42.5 Å². The maximum absolute atomic E-state index is 12.3. The molecule has 0 amide bonds. The zero-order valence-electron chi connectivity index (χ0n) is 24.2. The van der Waals surface area contributed by atoms with Gasteiger partial charge in [-0.15, -0.1) is 0 Å². The summed E-state index contributed by atoms with van der Waals surface area (Å²) in [7, 11) is 6.32. The zero-order chi connectivity index (χ0) is 27.5. The number of hydrogen-bond acceptors (Lipinski definition) is 3. The molecule has 1 aromatic heterocycles. The smallest absolute Gasteiger partial charge is 0.338 e. The van der Waals surface area contributed by atoms with Crippen molar-refractivity contribution in [1.82, 2.24) is 9.05 Å². The molecule has 0 aliphatic carbocycles. The molecule has 5 nitrogen and oxygen atoms in total. The second-order valence-electron chi connectivity index (χ2n) is 11.2. The van der Waals surface area contributed by atoms with Gasteiger partial charge in [0.2, 0.25) is 0 Å². The minimum absolute atomic E-state index is 0. The minimum Gasteiger partial charge on any atom is -1.00 e. The van der Waals surface area contributed by atoms with Gasteiger partial charge in [0.05, 0.1) is 33.3 Å². The highest BCUT2D eigenvalue weighted by molar-refractivity contribution is 5.89. The van der Waals surface area contributed by atoms with Crippen molar-refractivity contribution in [3.63, 3.8) is 0 Å². The van der Waals surface area contributed by atoms with Gasteiger partial charge in [0, 0.05) is 23.6 Å². The third-order valence-electron chi connectivity index (χ3n) is 7.14. The quantitative estimate of drug-likeness (QED) is 0.0784. The average molecular weight is 655 g/mol. The first-order valence-electron chi connectivity index (χ1n) is 14.2. The summed E-state index contributed by atoms with van der Waals surface area (Å²) in [5, 5.41) is 1.22. The Balaban J connectivity index is 0.00000441. The molecule has 3 aromatic carbocycles. The van der Waals surface area contributed by atoms with Crippen molar-refractivity contribution in [2.75, 3.05) is 27.7 Å². The standard InChI is InChI=1S/C34H43N2O3.HI/c1-36(2,3)31-18-16-29(17-19-31)34(37)38-25-13-8-6-4-5-7-12-23-35-24-22-30-26-32(20-21-33(30)35)39-27-28-14-10-9-11-15-28;/h9-11,14-22,24,26H,4-8,12-13,23,25,27H2,1-3H3;1H/q+1;/p-1. The second-order valence-corrected chi connectivity index (χ2v) is 11.2. The third-order valence-corrected chi connectivity index (χ3v) is 7.14. The van der Waals surface area contributed by atoms with Crippen molar-refractivity contribution in [2.45, 2.75) is 58.1 Å². The highest BCUT2D eigenvalue weighted by Crippen LogP contribution is 2.24. The Hall–Kier alpha value is -2.84. The van der Waals surface area contributed by atoms with E-state index in [1.54, 1.807) is 0 Å². The first-order valence-corrected chi connectivity index (χ1v) is 14.2. The van der Waals surface area contributed by atoms with Crippen LogP contribution in [0.5, 0.6) is 5.75 Å². The van der Waals surface area contributed by atoms with Gasteiger partial charge in [-0.1, -0.05) is 62.4 Å². The molecule has 0 radical (unpaired) electrons. The van der Waals surface area contributed by atoms with Gasteiger partial charge in [0.25, 0.3) is 0 Å². The van der Waals surface area contributed by atoms with E-state index in [0.717, 1.165) is 35.3 Å². The number of carbonyl (C=O) groups is 1. The van der Waals surface area contributed by atoms with Gasteiger partial charge >= 0.3 is 5.97 Å². The topological polar surface area (TPSA) is 40.5 Å². The van der Waals surface area contributed by atoms with Crippen molar-refractivity contribution in [3.8, 4) is 5.75 Å². The molecule has 0 fully saturated rings. The van der Waals surface area contributed by atoms with Crippen molar-refractivity contribution in [2.24, 2.45) is 0 Å². The van der Waals surface area contributed by atoms with Crippen molar-refractivity contribution >= 4 is 22.6 Å². The number of quaternary nitrogens is 1. The minimum atomic E-state index is -0.226. The predicted molar refractivity (Wildman–Crippen MR) is 161 cm³/mol. The normalized spacial score (nSPS) is 11.3. The van der Waals surface area contributed by atoms with Crippen LogP contribution in [0.1, 0.15) is 60.9 Å². The fraction of sp³-hybridized carbons (Fsp3) is 0.382. The van der Waals surface area contributed by atoms with Crippen LogP contribution in [0.4, 0.5) is 5.69 Å². The predicted octanol–water partition coefficient (Wildman–Crippen LogP) is 5.01. The van der Waals surface area contributed by atoms with Crippen LogP contribution in [0.25, 0.3) is 10.9 Å². The molecule has 0 unspecified atom stereocenters. The van der Waals surface area contributed by atoms with Gasteiger partial charge in [0.15, 0.2) is 0 Å². The summed E-state index contributed by atoms with van der Waals surface area (Å²) in [4.78, 5) is 12.3. The Morgan fingerprint density at radius 3 is 2.15 bits per heavy atom. The Morgan fingerprint density at radius 1 is 0.775 bits per heavy atom. The molecule has 6 heteroatoms. The Labute approximate surface area is 256 Å². The molecule has 4 rings (SSSR count). The Kier molecular flexibility index (Phi) is 12.5. The summed E-state index contributed by atoms with van der Waals surface area (Å²) in [6.45, 7) is 2.12. The van der Waals surface area contributed by atoms with Crippen LogP contribution in [-0.4, -0.2) is 38.3 Å². The fourth-order valence-electron chi connectivity index (χ4n) is 4.76. The molecule has 0 aliphatic heterocycles. The molecule has 1 heterocycles. The first kappa shape index (κ1) is 31.7. The Morgan fingerprint density at radius 2 is 1.45 bits per heavy atom. The highest BCUT2D eigenvalue weighted by Gasteiger charge is 2.13. The number of aromatic nitrogens is 1. The van der Waals surface area contributed by atoms with E-state index in [0.29, 0.717) is 18.8 Å². The summed E-state index contributed by atoms with van der Waals surface area (Å²) in [5.41, 5.74) is 4.23. The van der Waals surface area contributed by atoms with E-state index in [-0.39, 0.29) is 29.9 Å². The number of esters is 1. The number of rotatable bonds is 15. The number of carbonyl (C=O) groups excluding carboxylic acids is 1. The molecule has 0 saturated heterocycles. The summed E-state index contributed by atoms with van der Waals surface area (Å²) in [6.07, 6.45) is 10.3. The van der Waals surface area contributed by atoms with Gasteiger partial charge < -0.3 is 38.0 Å². The SMILES string of the molecule is C[N+](C)(C)c1ccc(C(=O)OCCCCCCCCCn2ccc3cc(OCc4ccccc4)ccc32)cc1.[I-]. The van der Waals surface area contributed by atoms with E-state index in [1.165, 1.54) is 48.6 Å². The molecule has 0 spiro atoms. The lowest BCUT2D eigenvalue weighted by atomic mass is 10.1. The van der Waals surface area contributed by atoms with E-state index < -0.39 is 0 Å². The molecule has 0 N–H and O–H groups in total. The molecular weight excluding hydrogens is 611 g/mol. The monoisotopic (exact) mass is 654 g/mol. The van der Waals surface area contributed by atoms with Crippen LogP contribution in [-0.2, 0) is 17.9 Å². The van der Waals surface area contributed by atoms with E-state index in [2.05, 4.69) is 68.3 Å². The van der Waals surface area contributed by atoms with Crippen LogP contribution in [0.15, 0.2) is 85.1 Å². The molecule has 0 atom stereocenters. The average Bonchev–Trinajstić information content (AvgIpc) is 3.35. The van der Waals surface area contributed by atoms with E-state index in [4.69, 9.17) is 9.47 Å². The first-order chi connectivity index (χ1) is 18.9. The number of nitrogens with zero attached hydrogens (tertiary/aromatic N) is 2. The van der Waals surface area contributed by atoms with Gasteiger partial charge in [-0.05, 0) is 66.9 Å². The van der Waals surface area contributed by atoms with Crippen LogP contribution in [0.2, 0.25) is 0 Å². The van der Waals surface area contributed by atoms with Gasteiger partial charge in [-0.2, -0.15) is 0 Å². The molecule has 214 valence electrons. The summed E-state index contributed by atoms with van der Waals surface area (Å²) < 4.78 is 14.5. The maximum Gasteiger partial charge on any atom is 0.338 e. The fourth-order valence-corrected chi connectivity index (χ4v) is 4.76. The number of ether oxygens (including phenoxy) is 2. The van der Waals surface area contributed by atoms with Crippen LogP contribution in [0.3, 0.4) is 0 Å². The number of halogens is 1. The molecule has 4 aromatic rings. The lowest BCUT2D eigenvalue weighted by molar-refractivity contribution is -0.0000267. The van der Waals surface area contributed by atoms with Crippen molar-refractivity contribution in [1.29, 1.82) is 0 Å². The Bertz CT molecular complexity index is 1310. The van der Waals surface area contributed by atoms with Gasteiger partial charge in [-0.3, -0.25) is 4.48 Å². The number of fused-ring (bicyclic) bond motifs is 1. The lowest BCUT2D eigenvalue weighted by Gasteiger charge is -2.23. The second kappa shape index (κ2) is 15.8. The zero-order valence-corrected chi connectivity index (χ0v) is 26.3. The number of aryl methyl sites for hydroxylation is 1. The van der Waals surface area contributed by atoms with Crippen LogP contribution in [0, 0.1) is 0 Å². The lowest BCUT2D eigenvalue weighted by Crippen LogP contribution is -3.00. The third kappa shape index (κ3) is 9.66. The van der Waals surface area contributed by atoms with E-state index in [9.17, 15) is 4.79 Å². The summed E-state index contributed by atoms with van der Waals surface area (Å²) in [5.74, 6) is 0.685. The number of unbranched alkanes of at least 4 members (excludes halogenated alkanes) is 6. The molecule has 0 bridgehead atoms. The van der Waals surface area contributed by atoms with Gasteiger partial charge in [0.1, 0.15) is 18.0 Å². The maximum atomic E-state index is 12.3. The molecule has 0 aliphatic rings. The number of hydrogen-bond donors (Lipinski definition) is 0. The summed E-state index contributed by atoms with van der Waals surface area (Å²) >= 11 is 0. The molecule has 0 saturated carbocycles. The van der Waals surface area contributed by atoms with E-state index >= 15 is 0 Å². The summed E-state index contributed by atoms with van der Waals surface area (Å²) in [6, 6.07) is 26.5. The highest BCUT2D eigenvalue weighted by atomic mass is 127. The van der Waals surface area contributed by atoms with Crippen LogP contribution < -0.4 is 33.2 Å². The van der Waals surface area contributed by atoms with Crippen molar-refractivity contribution in [3.05, 3.63) is 96.2 Å².